The molecular formula is C22H29ClN4O4S. The zero-order valence-corrected chi connectivity index (χ0v) is 20.8. The second kappa shape index (κ2) is 8.91. The number of nitrogens with one attached hydrogen (secondary N) is 1. The zero-order valence-electron chi connectivity index (χ0n) is 19.2. The lowest BCUT2D eigenvalue weighted by Gasteiger charge is -2.29. The summed E-state index contributed by atoms with van der Waals surface area (Å²) in [6, 6.07) is 5.36. The molecular weight excluding hydrogens is 452 g/mol. The fraction of sp³-hybridized carbons (Fsp3) is 0.591. The molecule has 2 heterocycles. The first-order chi connectivity index (χ1) is 14.8. The van der Waals surface area contributed by atoms with Crippen LogP contribution in [0, 0.1) is 11.3 Å². The van der Waals surface area contributed by atoms with E-state index in [1.165, 1.54) is 6.07 Å². The SMILES string of the molecule is CC(C)(C)OC(=O)Nc1cc(C#N)cc(N2CCN(C(=O)OC(C)(C)C)CC3SC32)c1Cl. The van der Waals surface area contributed by atoms with Crippen molar-refractivity contribution in [2.24, 2.45) is 0 Å². The Kier molecular flexibility index (Phi) is 6.78. The predicted octanol–water partition coefficient (Wildman–Crippen LogP) is 5.06. The molecule has 2 unspecified atom stereocenters. The molecule has 2 aliphatic rings. The largest absolute Gasteiger partial charge is 0.444 e. The molecule has 0 spiro atoms. The summed E-state index contributed by atoms with van der Waals surface area (Å²) in [6.45, 7) is 12.4. The molecule has 2 atom stereocenters. The van der Waals surface area contributed by atoms with Crippen molar-refractivity contribution in [3.63, 3.8) is 0 Å². The minimum absolute atomic E-state index is 0.128. The van der Waals surface area contributed by atoms with Crippen molar-refractivity contribution >= 4 is 46.9 Å². The Bertz CT molecular complexity index is 951. The van der Waals surface area contributed by atoms with Crippen molar-refractivity contribution in [2.45, 2.75) is 63.4 Å². The third-order valence-electron chi connectivity index (χ3n) is 4.65. The van der Waals surface area contributed by atoms with Gasteiger partial charge in [0.1, 0.15) is 11.2 Å². The van der Waals surface area contributed by atoms with Crippen LogP contribution in [0.4, 0.5) is 21.0 Å². The molecule has 1 N–H and O–H groups in total. The number of amides is 2. The van der Waals surface area contributed by atoms with E-state index < -0.39 is 17.3 Å². The molecule has 174 valence electrons. The molecule has 3 rings (SSSR count). The molecule has 0 radical (unpaired) electrons. The maximum Gasteiger partial charge on any atom is 0.412 e. The van der Waals surface area contributed by atoms with Crippen LogP contribution in [0.5, 0.6) is 0 Å². The van der Waals surface area contributed by atoms with Gasteiger partial charge >= 0.3 is 12.2 Å². The van der Waals surface area contributed by atoms with Gasteiger partial charge in [-0.05, 0) is 53.7 Å². The highest BCUT2D eigenvalue weighted by Crippen LogP contribution is 2.49. The summed E-state index contributed by atoms with van der Waals surface area (Å²) in [5.74, 6) is 0. The summed E-state index contributed by atoms with van der Waals surface area (Å²) in [6.07, 6.45) is -0.985. The minimum atomic E-state index is -0.667. The van der Waals surface area contributed by atoms with Crippen LogP contribution in [0.25, 0.3) is 0 Å². The molecule has 1 aromatic rings. The number of carbonyl (C=O) groups is 2. The summed E-state index contributed by atoms with van der Waals surface area (Å²) < 4.78 is 10.8. The van der Waals surface area contributed by atoms with Crippen LogP contribution in [-0.2, 0) is 9.47 Å². The number of benzene rings is 1. The van der Waals surface area contributed by atoms with Gasteiger partial charge < -0.3 is 19.3 Å². The van der Waals surface area contributed by atoms with Crippen molar-refractivity contribution in [2.75, 3.05) is 29.9 Å². The molecule has 0 bridgehead atoms. The number of anilines is 2. The van der Waals surface area contributed by atoms with E-state index in [0.29, 0.717) is 41.6 Å². The Morgan fingerprint density at radius 2 is 1.81 bits per heavy atom. The van der Waals surface area contributed by atoms with E-state index in [2.05, 4.69) is 16.3 Å². The van der Waals surface area contributed by atoms with Gasteiger partial charge in [0.15, 0.2) is 0 Å². The quantitative estimate of drug-likeness (QED) is 0.591. The lowest BCUT2D eigenvalue weighted by molar-refractivity contribution is 0.0266. The van der Waals surface area contributed by atoms with Crippen LogP contribution in [-0.4, -0.2) is 58.5 Å². The number of nitrogens with zero attached hydrogens (tertiary/aromatic N) is 3. The summed E-state index contributed by atoms with van der Waals surface area (Å²) in [5, 5.41) is 12.8. The third-order valence-corrected chi connectivity index (χ3v) is 6.35. The number of thioether (sulfide) groups is 1. The highest BCUT2D eigenvalue weighted by atomic mass is 35.5. The number of carbonyl (C=O) groups excluding carboxylic acids is 2. The summed E-state index contributed by atoms with van der Waals surface area (Å²) in [4.78, 5) is 28.7. The van der Waals surface area contributed by atoms with E-state index in [9.17, 15) is 14.9 Å². The third kappa shape index (κ3) is 6.14. The van der Waals surface area contributed by atoms with E-state index in [4.69, 9.17) is 21.1 Å². The number of nitriles is 1. The number of hydrogen-bond acceptors (Lipinski definition) is 7. The molecule has 32 heavy (non-hydrogen) atoms. The molecule has 1 aromatic carbocycles. The lowest BCUT2D eigenvalue weighted by atomic mass is 10.1. The number of hydrogen-bond donors (Lipinski definition) is 1. The van der Waals surface area contributed by atoms with E-state index >= 15 is 0 Å². The van der Waals surface area contributed by atoms with Crippen LogP contribution in [0.15, 0.2) is 12.1 Å². The first-order valence-corrected chi connectivity index (χ1v) is 11.7. The number of halogens is 1. The Morgan fingerprint density at radius 3 is 2.41 bits per heavy atom. The molecule has 0 saturated carbocycles. The average Bonchev–Trinajstić information content (AvgIpc) is 3.40. The summed E-state index contributed by atoms with van der Waals surface area (Å²) >= 11 is 8.40. The molecule has 2 saturated heterocycles. The van der Waals surface area contributed by atoms with E-state index in [1.807, 2.05) is 20.8 Å². The van der Waals surface area contributed by atoms with Crippen LogP contribution in [0.1, 0.15) is 47.1 Å². The molecule has 10 heteroatoms. The predicted molar refractivity (Wildman–Crippen MR) is 126 cm³/mol. The van der Waals surface area contributed by atoms with Gasteiger partial charge in [-0.1, -0.05) is 11.6 Å². The Labute approximate surface area is 198 Å². The number of rotatable bonds is 2. The summed E-state index contributed by atoms with van der Waals surface area (Å²) in [5.41, 5.74) is 0.0883. The summed E-state index contributed by atoms with van der Waals surface area (Å²) in [7, 11) is 0. The van der Waals surface area contributed by atoms with Crippen molar-refractivity contribution in [3.8, 4) is 6.07 Å². The van der Waals surface area contributed by atoms with Gasteiger partial charge in [0.2, 0.25) is 0 Å². The fourth-order valence-electron chi connectivity index (χ4n) is 3.34. The van der Waals surface area contributed by atoms with Crippen molar-refractivity contribution < 1.29 is 19.1 Å². The van der Waals surface area contributed by atoms with Crippen molar-refractivity contribution in [1.82, 2.24) is 4.90 Å². The minimum Gasteiger partial charge on any atom is -0.444 e. The highest BCUT2D eigenvalue weighted by molar-refractivity contribution is 8.07. The van der Waals surface area contributed by atoms with E-state index in [0.717, 1.165) is 0 Å². The van der Waals surface area contributed by atoms with Crippen molar-refractivity contribution in [1.29, 1.82) is 5.26 Å². The van der Waals surface area contributed by atoms with Gasteiger partial charge in [0, 0.05) is 19.6 Å². The van der Waals surface area contributed by atoms with Crippen LogP contribution < -0.4 is 10.2 Å². The second-order valence-corrected chi connectivity index (χ2v) is 11.5. The maximum absolute atomic E-state index is 12.6. The molecule has 2 fully saturated rings. The topological polar surface area (TPSA) is 94.9 Å². The molecule has 2 aliphatic heterocycles. The maximum atomic E-state index is 12.6. The number of ether oxygens (including phenoxy) is 2. The lowest BCUT2D eigenvalue weighted by Crippen LogP contribution is -2.40. The number of fused-ring (bicyclic) bond motifs is 1. The van der Waals surface area contributed by atoms with Crippen LogP contribution in [0.2, 0.25) is 5.02 Å². The van der Waals surface area contributed by atoms with Gasteiger partial charge in [0.05, 0.1) is 38.7 Å². The van der Waals surface area contributed by atoms with E-state index in [-0.39, 0.29) is 16.7 Å². The fourth-order valence-corrected chi connectivity index (χ4v) is 4.74. The molecule has 2 amide bonds. The van der Waals surface area contributed by atoms with Gasteiger partial charge in [-0.15, -0.1) is 11.8 Å². The molecule has 8 nitrogen and oxygen atoms in total. The molecule has 0 aromatic heterocycles. The van der Waals surface area contributed by atoms with Gasteiger partial charge in [-0.25, -0.2) is 9.59 Å². The first-order valence-electron chi connectivity index (χ1n) is 10.4. The Balaban J connectivity index is 1.83. The monoisotopic (exact) mass is 480 g/mol. The standard InChI is InChI=1S/C22H29ClN4O4S/c1-21(2,3)30-19(28)25-14-9-13(11-24)10-15(17(14)23)27-8-7-26(12-16-18(27)32-16)20(29)31-22(4,5)6/h9-10,16,18H,7-8,12H2,1-6H3,(H,25,28). The highest BCUT2D eigenvalue weighted by Gasteiger charge is 2.48. The van der Waals surface area contributed by atoms with Crippen LogP contribution >= 0.6 is 23.4 Å². The average molecular weight is 481 g/mol. The van der Waals surface area contributed by atoms with E-state index in [1.54, 1.807) is 43.5 Å². The second-order valence-electron chi connectivity index (χ2n) is 9.78. The van der Waals surface area contributed by atoms with Crippen LogP contribution in [0.3, 0.4) is 0 Å². The van der Waals surface area contributed by atoms with Gasteiger partial charge in [0.25, 0.3) is 0 Å². The Morgan fingerprint density at radius 1 is 1.16 bits per heavy atom. The smallest absolute Gasteiger partial charge is 0.412 e. The van der Waals surface area contributed by atoms with Gasteiger partial charge in [-0.2, -0.15) is 5.26 Å². The zero-order chi connectivity index (χ0) is 23.8. The van der Waals surface area contributed by atoms with Crippen molar-refractivity contribution in [3.05, 3.63) is 22.7 Å². The van der Waals surface area contributed by atoms with Gasteiger partial charge in [-0.3, -0.25) is 5.32 Å². The normalized spacial score (nSPS) is 20.6. The first kappa shape index (κ1) is 24.3. The Hall–Kier alpha value is -2.31. The molecule has 0 aliphatic carbocycles.